The van der Waals surface area contributed by atoms with Gasteiger partial charge in [0.1, 0.15) is 0 Å². The number of rotatable bonds is 3. The Labute approximate surface area is 124 Å². The van der Waals surface area contributed by atoms with Gasteiger partial charge in [-0.2, -0.15) is 0 Å². The summed E-state index contributed by atoms with van der Waals surface area (Å²) in [6, 6.07) is 7.45. The van der Waals surface area contributed by atoms with Crippen molar-refractivity contribution in [2.45, 2.75) is 19.0 Å². The second-order valence-corrected chi connectivity index (χ2v) is 5.44. The van der Waals surface area contributed by atoms with Gasteiger partial charge in [-0.15, -0.1) is 0 Å². The molecule has 1 aliphatic heterocycles. The molecule has 1 unspecified atom stereocenters. The number of carbonyl (C=O) groups excluding carboxylic acids is 1. The molecule has 21 heavy (non-hydrogen) atoms. The van der Waals surface area contributed by atoms with Gasteiger partial charge in [-0.25, -0.2) is 9.59 Å². The van der Waals surface area contributed by atoms with Gasteiger partial charge in [0.05, 0.1) is 0 Å². The van der Waals surface area contributed by atoms with Crippen LogP contribution in [-0.2, 0) is 4.79 Å². The monoisotopic (exact) mass is 291 g/mol. The second kappa shape index (κ2) is 6.58. The summed E-state index contributed by atoms with van der Waals surface area (Å²) in [6.45, 7) is 4.15. The third-order valence-corrected chi connectivity index (χ3v) is 3.74. The van der Waals surface area contributed by atoms with E-state index in [1.54, 1.807) is 29.2 Å². The number of piperazine rings is 1. The molecule has 0 radical (unpaired) electrons. The number of likely N-dealkylation sites (N-methyl/N-ethyl adjacent to an activating group) is 1. The van der Waals surface area contributed by atoms with E-state index in [1.165, 1.54) is 0 Å². The average Bonchev–Trinajstić information content (AvgIpc) is 2.45. The third-order valence-electron chi connectivity index (χ3n) is 3.74. The Hall–Kier alpha value is -2.08. The summed E-state index contributed by atoms with van der Waals surface area (Å²) in [6.07, 6.45) is 0. The molecule has 1 aromatic carbocycles. The number of hydrogen-bond donors (Lipinski definition) is 2. The summed E-state index contributed by atoms with van der Waals surface area (Å²) in [4.78, 5) is 27.6. The van der Waals surface area contributed by atoms with Crippen molar-refractivity contribution >= 4 is 12.0 Å². The molecule has 2 amide bonds. The van der Waals surface area contributed by atoms with E-state index in [0.717, 1.165) is 13.1 Å². The minimum atomic E-state index is -1.06. The number of carboxylic acids is 1. The van der Waals surface area contributed by atoms with Crippen molar-refractivity contribution < 1.29 is 14.7 Å². The fraction of sp³-hybridized carbons (Fsp3) is 0.467. The van der Waals surface area contributed by atoms with Crippen molar-refractivity contribution in [3.8, 4) is 0 Å². The smallest absolute Gasteiger partial charge is 0.330 e. The Balaban J connectivity index is 2.07. The molecule has 0 aliphatic carbocycles. The minimum absolute atomic E-state index is 0.0639. The summed E-state index contributed by atoms with van der Waals surface area (Å²) < 4.78 is 0. The van der Waals surface area contributed by atoms with Crippen LogP contribution in [0.4, 0.5) is 4.79 Å². The van der Waals surface area contributed by atoms with Crippen LogP contribution in [0.2, 0.25) is 0 Å². The van der Waals surface area contributed by atoms with Crippen LogP contribution in [-0.4, -0.2) is 59.6 Å². The number of benzene rings is 1. The maximum atomic E-state index is 12.3. The molecule has 2 N–H and O–H groups in total. The van der Waals surface area contributed by atoms with Gasteiger partial charge in [0.2, 0.25) is 0 Å². The van der Waals surface area contributed by atoms with Gasteiger partial charge in [-0.1, -0.05) is 30.3 Å². The van der Waals surface area contributed by atoms with Crippen molar-refractivity contribution in [2.75, 3.05) is 26.7 Å². The number of nitrogens with zero attached hydrogens (tertiary/aromatic N) is 2. The topological polar surface area (TPSA) is 72.9 Å². The zero-order valence-electron chi connectivity index (χ0n) is 12.3. The average molecular weight is 291 g/mol. The Morgan fingerprint density at radius 1 is 1.29 bits per heavy atom. The van der Waals surface area contributed by atoms with Crippen molar-refractivity contribution in [1.29, 1.82) is 0 Å². The summed E-state index contributed by atoms with van der Waals surface area (Å²) >= 11 is 0. The van der Waals surface area contributed by atoms with Crippen LogP contribution < -0.4 is 5.32 Å². The van der Waals surface area contributed by atoms with Crippen LogP contribution in [0.25, 0.3) is 0 Å². The number of carboxylic acid groups (broad SMARTS) is 1. The Kier molecular flexibility index (Phi) is 4.80. The normalized spacial score (nSPS) is 20.9. The number of amides is 2. The van der Waals surface area contributed by atoms with Crippen molar-refractivity contribution in [1.82, 2.24) is 15.1 Å². The highest BCUT2D eigenvalue weighted by atomic mass is 16.4. The zero-order chi connectivity index (χ0) is 15.4. The van der Waals surface area contributed by atoms with Crippen LogP contribution in [0.15, 0.2) is 30.3 Å². The summed E-state index contributed by atoms with van der Waals surface area (Å²) in [5.74, 6) is -1.06. The maximum absolute atomic E-state index is 12.3. The number of urea groups is 1. The SMILES string of the molecule is CC1CN(C)CCN1C(=O)N[C@@H](C(=O)O)c1ccccc1. The Bertz CT molecular complexity index is 506. The molecule has 0 bridgehead atoms. The first-order valence-corrected chi connectivity index (χ1v) is 7.02. The summed E-state index contributed by atoms with van der Waals surface area (Å²) in [5.41, 5.74) is 0.570. The van der Waals surface area contributed by atoms with Gasteiger partial charge >= 0.3 is 12.0 Å². The van der Waals surface area contributed by atoms with Crippen LogP contribution >= 0.6 is 0 Å². The van der Waals surface area contributed by atoms with E-state index < -0.39 is 12.0 Å². The Morgan fingerprint density at radius 2 is 1.95 bits per heavy atom. The minimum Gasteiger partial charge on any atom is -0.479 e. The molecule has 2 atom stereocenters. The highest BCUT2D eigenvalue weighted by Gasteiger charge is 2.29. The molecule has 2 rings (SSSR count). The van der Waals surface area contributed by atoms with E-state index >= 15 is 0 Å². The first-order chi connectivity index (χ1) is 9.99. The first-order valence-electron chi connectivity index (χ1n) is 7.02. The standard InChI is InChI=1S/C15H21N3O3/c1-11-10-17(2)8-9-18(11)15(21)16-13(14(19)20)12-6-4-3-5-7-12/h3-7,11,13H,8-10H2,1-2H3,(H,16,21)(H,19,20)/t11?,13-/m1/s1. The molecule has 1 aromatic rings. The van der Waals surface area contributed by atoms with Crippen LogP contribution in [0.3, 0.4) is 0 Å². The predicted molar refractivity (Wildman–Crippen MR) is 79.0 cm³/mol. The van der Waals surface area contributed by atoms with E-state index in [9.17, 15) is 14.7 Å². The van der Waals surface area contributed by atoms with Crippen molar-refractivity contribution in [3.05, 3.63) is 35.9 Å². The van der Waals surface area contributed by atoms with E-state index in [2.05, 4.69) is 10.2 Å². The van der Waals surface area contributed by atoms with E-state index in [1.807, 2.05) is 20.0 Å². The first kappa shape index (κ1) is 15.3. The lowest BCUT2D eigenvalue weighted by molar-refractivity contribution is -0.139. The molecular formula is C15H21N3O3. The van der Waals surface area contributed by atoms with Crippen LogP contribution in [0.5, 0.6) is 0 Å². The highest BCUT2D eigenvalue weighted by Crippen LogP contribution is 2.15. The fourth-order valence-electron chi connectivity index (χ4n) is 2.58. The van der Waals surface area contributed by atoms with Gasteiger partial charge in [0.15, 0.2) is 6.04 Å². The summed E-state index contributed by atoms with van der Waals surface area (Å²) in [7, 11) is 2.01. The summed E-state index contributed by atoms with van der Waals surface area (Å²) in [5, 5.41) is 12.0. The molecule has 1 fully saturated rings. The molecule has 6 nitrogen and oxygen atoms in total. The van der Waals surface area contributed by atoms with E-state index in [4.69, 9.17) is 0 Å². The maximum Gasteiger partial charge on any atom is 0.330 e. The largest absolute Gasteiger partial charge is 0.479 e. The molecule has 114 valence electrons. The van der Waals surface area contributed by atoms with Gasteiger partial charge in [-0.05, 0) is 19.5 Å². The third kappa shape index (κ3) is 3.72. The molecule has 0 saturated carbocycles. The van der Waals surface area contributed by atoms with Crippen LogP contribution in [0.1, 0.15) is 18.5 Å². The van der Waals surface area contributed by atoms with E-state index in [0.29, 0.717) is 12.1 Å². The van der Waals surface area contributed by atoms with Gasteiger partial charge in [0.25, 0.3) is 0 Å². The lowest BCUT2D eigenvalue weighted by atomic mass is 10.1. The second-order valence-electron chi connectivity index (χ2n) is 5.44. The fourth-order valence-corrected chi connectivity index (χ4v) is 2.58. The number of aliphatic carboxylic acids is 1. The number of hydrogen-bond acceptors (Lipinski definition) is 3. The molecule has 6 heteroatoms. The zero-order valence-corrected chi connectivity index (χ0v) is 12.3. The predicted octanol–water partition coefficient (Wildman–Crippen LogP) is 1.16. The molecule has 1 aliphatic rings. The number of carbonyl (C=O) groups is 2. The molecule has 1 heterocycles. The van der Waals surface area contributed by atoms with Gasteiger partial charge < -0.3 is 20.2 Å². The highest BCUT2D eigenvalue weighted by molar-refractivity contribution is 5.83. The molecular weight excluding hydrogens is 270 g/mol. The number of nitrogens with one attached hydrogen (secondary N) is 1. The van der Waals surface area contributed by atoms with Crippen molar-refractivity contribution in [2.24, 2.45) is 0 Å². The molecule has 1 saturated heterocycles. The van der Waals surface area contributed by atoms with E-state index in [-0.39, 0.29) is 12.1 Å². The van der Waals surface area contributed by atoms with Gasteiger partial charge in [0, 0.05) is 25.7 Å². The quantitative estimate of drug-likeness (QED) is 0.876. The molecule has 0 spiro atoms. The van der Waals surface area contributed by atoms with Gasteiger partial charge in [-0.3, -0.25) is 0 Å². The lowest BCUT2D eigenvalue weighted by Crippen LogP contribution is -2.56. The van der Waals surface area contributed by atoms with Crippen molar-refractivity contribution in [3.63, 3.8) is 0 Å². The lowest BCUT2D eigenvalue weighted by Gasteiger charge is -2.38. The molecule has 0 aromatic heterocycles. The Morgan fingerprint density at radius 3 is 2.52 bits per heavy atom. The van der Waals surface area contributed by atoms with Crippen LogP contribution in [0, 0.1) is 0 Å².